The fourth-order valence-corrected chi connectivity index (χ4v) is 2.70. The minimum absolute atomic E-state index is 0.0370. The van der Waals surface area contributed by atoms with Crippen molar-refractivity contribution < 1.29 is 22.7 Å². The van der Waals surface area contributed by atoms with Crippen molar-refractivity contribution in [3.8, 4) is 11.5 Å². The number of anilines is 1. The Bertz CT molecular complexity index is 658. The molecule has 0 radical (unpaired) electrons. The number of rotatable bonds is 9. The molecular formula is C15H22N2O5S. The number of nitrogens with zero attached hydrogens (tertiary/aromatic N) is 1. The van der Waals surface area contributed by atoms with Gasteiger partial charge in [0.2, 0.25) is 15.9 Å². The summed E-state index contributed by atoms with van der Waals surface area (Å²) in [5, 5.41) is 2.70. The van der Waals surface area contributed by atoms with Crippen LogP contribution in [0.4, 0.5) is 5.69 Å². The Hall–Kier alpha value is -2.06. The van der Waals surface area contributed by atoms with Gasteiger partial charge in [-0.2, -0.15) is 4.31 Å². The lowest BCUT2D eigenvalue weighted by atomic mass is 10.2. The van der Waals surface area contributed by atoms with Gasteiger partial charge >= 0.3 is 0 Å². The number of amides is 1. The zero-order chi connectivity index (χ0) is 17.5. The van der Waals surface area contributed by atoms with Crippen LogP contribution in [0, 0.1) is 0 Å². The smallest absolute Gasteiger partial charge is 0.225 e. The first-order valence-electron chi connectivity index (χ1n) is 6.89. The second-order valence-electron chi connectivity index (χ2n) is 4.78. The Morgan fingerprint density at radius 1 is 1.30 bits per heavy atom. The molecule has 128 valence electrons. The third-order valence-corrected chi connectivity index (χ3v) is 4.33. The van der Waals surface area contributed by atoms with Gasteiger partial charge in [-0.15, -0.1) is 6.58 Å². The van der Waals surface area contributed by atoms with E-state index in [4.69, 9.17) is 9.47 Å². The molecule has 0 spiro atoms. The van der Waals surface area contributed by atoms with Gasteiger partial charge in [-0.05, 0) is 12.1 Å². The Kier molecular flexibility index (Phi) is 7.05. The van der Waals surface area contributed by atoms with E-state index in [1.165, 1.54) is 24.6 Å². The van der Waals surface area contributed by atoms with Crippen LogP contribution in [0.1, 0.15) is 6.42 Å². The molecule has 1 N–H and O–H groups in total. The number of methoxy groups -OCH3 is 2. The molecule has 0 aliphatic carbocycles. The molecule has 0 aliphatic heterocycles. The zero-order valence-corrected chi connectivity index (χ0v) is 14.4. The average molecular weight is 342 g/mol. The molecule has 1 aromatic rings. The topological polar surface area (TPSA) is 84.9 Å². The fraction of sp³-hybridized carbons (Fsp3) is 0.400. The maximum Gasteiger partial charge on any atom is 0.225 e. The number of nitrogens with one attached hydrogen (secondary N) is 1. The monoisotopic (exact) mass is 342 g/mol. The molecule has 0 atom stereocenters. The van der Waals surface area contributed by atoms with E-state index in [9.17, 15) is 13.2 Å². The van der Waals surface area contributed by atoms with Gasteiger partial charge in [0.05, 0.1) is 20.5 Å². The number of benzene rings is 1. The van der Waals surface area contributed by atoms with Gasteiger partial charge < -0.3 is 14.8 Å². The number of hydrogen-bond acceptors (Lipinski definition) is 5. The number of carbonyl (C=O) groups excluding carboxylic acids is 1. The standard InChI is InChI=1S/C15H22N2O5S/c1-5-9-17(23(4,19)20)10-8-15(18)16-12-6-7-13(21-2)14(11-12)22-3/h5-7,11H,1,8-10H2,2-4H3,(H,16,18). The zero-order valence-electron chi connectivity index (χ0n) is 13.5. The highest BCUT2D eigenvalue weighted by atomic mass is 32.2. The van der Waals surface area contributed by atoms with Crippen LogP contribution in [-0.2, 0) is 14.8 Å². The van der Waals surface area contributed by atoms with Crippen molar-refractivity contribution in [1.29, 1.82) is 0 Å². The van der Waals surface area contributed by atoms with Crippen molar-refractivity contribution in [2.24, 2.45) is 0 Å². The number of ether oxygens (including phenoxy) is 2. The lowest BCUT2D eigenvalue weighted by molar-refractivity contribution is -0.116. The predicted octanol–water partition coefficient (Wildman–Crippen LogP) is 1.48. The maximum absolute atomic E-state index is 12.0. The minimum Gasteiger partial charge on any atom is -0.493 e. The minimum atomic E-state index is -3.37. The van der Waals surface area contributed by atoms with Crippen molar-refractivity contribution in [1.82, 2.24) is 4.31 Å². The Morgan fingerprint density at radius 3 is 2.48 bits per heavy atom. The summed E-state index contributed by atoms with van der Waals surface area (Å²) in [4.78, 5) is 12.0. The van der Waals surface area contributed by atoms with Crippen LogP contribution in [0.15, 0.2) is 30.9 Å². The molecule has 7 nitrogen and oxygen atoms in total. The van der Waals surface area contributed by atoms with E-state index in [1.54, 1.807) is 18.2 Å². The highest BCUT2D eigenvalue weighted by molar-refractivity contribution is 7.88. The molecule has 0 aromatic heterocycles. The van der Waals surface area contributed by atoms with Crippen LogP contribution in [0.25, 0.3) is 0 Å². The molecule has 1 rings (SSSR count). The predicted molar refractivity (Wildman–Crippen MR) is 89.4 cm³/mol. The summed E-state index contributed by atoms with van der Waals surface area (Å²) >= 11 is 0. The van der Waals surface area contributed by atoms with Crippen molar-refractivity contribution in [2.75, 3.05) is 38.9 Å². The van der Waals surface area contributed by atoms with E-state index >= 15 is 0 Å². The summed E-state index contributed by atoms with van der Waals surface area (Å²) in [6.07, 6.45) is 2.62. The van der Waals surface area contributed by atoms with Crippen LogP contribution in [0.3, 0.4) is 0 Å². The summed E-state index contributed by atoms with van der Waals surface area (Å²) in [6.45, 7) is 3.77. The molecule has 0 unspecified atom stereocenters. The van der Waals surface area contributed by atoms with E-state index in [0.29, 0.717) is 17.2 Å². The Morgan fingerprint density at radius 2 is 1.96 bits per heavy atom. The van der Waals surface area contributed by atoms with Gasteiger partial charge in [0, 0.05) is 31.3 Å². The molecule has 0 heterocycles. The molecule has 0 saturated carbocycles. The van der Waals surface area contributed by atoms with Crippen LogP contribution >= 0.6 is 0 Å². The molecule has 0 saturated heterocycles. The van der Waals surface area contributed by atoms with Crippen molar-refractivity contribution in [2.45, 2.75) is 6.42 Å². The van der Waals surface area contributed by atoms with Crippen molar-refractivity contribution in [3.63, 3.8) is 0 Å². The first-order chi connectivity index (χ1) is 10.8. The molecule has 1 amide bonds. The SMILES string of the molecule is C=CCN(CCC(=O)Nc1ccc(OC)c(OC)c1)S(C)(=O)=O. The van der Waals surface area contributed by atoms with E-state index < -0.39 is 10.0 Å². The lowest BCUT2D eigenvalue weighted by Crippen LogP contribution is -2.33. The van der Waals surface area contributed by atoms with Gasteiger partial charge in [-0.1, -0.05) is 6.08 Å². The Labute approximate surface area is 136 Å². The maximum atomic E-state index is 12.0. The third-order valence-electron chi connectivity index (χ3n) is 3.06. The van der Waals surface area contributed by atoms with Gasteiger partial charge in [0.15, 0.2) is 11.5 Å². The number of hydrogen-bond donors (Lipinski definition) is 1. The molecule has 1 aromatic carbocycles. The Balaban J connectivity index is 2.68. The summed E-state index contributed by atoms with van der Waals surface area (Å²) < 4.78 is 34.6. The first-order valence-corrected chi connectivity index (χ1v) is 8.74. The van der Waals surface area contributed by atoms with E-state index in [1.807, 2.05) is 0 Å². The largest absolute Gasteiger partial charge is 0.493 e. The summed E-state index contributed by atoms with van der Waals surface area (Å²) in [7, 11) is -0.344. The second kappa shape index (κ2) is 8.54. The van der Waals surface area contributed by atoms with Gasteiger partial charge in [0.1, 0.15) is 0 Å². The molecule has 23 heavy (non-hydrogen) atoms. The number of sulfonamides is 1. The summed E-state index contributed by atoms with van der Waals surface area (Å²) in [5.41, 5.74) is 0.544. The third kappa shape index (κ3) is 5.91. The van der Waals surface area contributed by atoms with Crippen LogP contribution < -0.4 is 14.8 Å². The summed E-state index contributed by atoms with van der Waals surface area (Å²) in [5.74, 6) is 0.754. The van der Waals surface area contributed by atoms with Crippen LogP contribution in [0.2, 0.25) is 0 Å². The van der Waals surface area contributed by atoms with Crippen LogP contribution in [0.5, 0.6) is 11.5 Å². The fourth-order valence-electron chi connectivity index (χ4n) is 1.90. The molecule has 0 aliphatic rings. The van der Waals surface area contributed by atoms with Crippen molar-refractivity contribution in [3.05, 3.63) is 30.9 Å². The average Bonchev–Trinajstić information content (AvgIpc) is 2.50. The van der Waals surface area contributed by atoms with E-state index in [-0.39, 0.29) is 25.4 Å². The highest BCUT2D eigenvalue weighted by Gasteiger charge is 2.16. The lowest BCUT2D eigenvalue weighted by Gasteiger charge is -2.17. The van der Waals surface area contributed by atoms with Crippen LogP contribution in [-0.4, -0.2) is 52.2 Å². The molecule has 0 bridgehead atoms. The van der Waals surface area contributed by atoms with Crippen molar-refractivity contribution >= 4 is 21.6 Å². The van der Waals surface area contributed by atoms with E-state index in [0.717, 1.165) is 6.26 Å². The van der Waals surface area contributed by atoms with Gasteiger partial charge in [0.25, 0.3) is 0 Å². The van der Waals surface area contributed by atoms with Gasteiger partial charge in [-0.3, -0.25) is 4.79 Å². The van der Waals surface area contributed by atoms with Gasteiger partial charge in [-0.25, -0.2) is 8.42 Å². The molecule has 8 heteroatoms. The quantitative estimate of drug-likeness (QED) is 0.687. The highest BCUT2D eigenvalue weighted by Crippen LogP contribution is 2.29. The van der Waals surface area contributed by atoms with E-state index in [2.05, 4.69) is 11.9 Å². The summed E-state index contributed by atoms with van der Waals surface area (Å²) in [6, 6.07) is 4.99. The first kappa shape index (κ1) is 19.0. The molecular weight excluding hydrogens is 320 g/mol. The number of carbonyl (C=O) groups is 1. The molecule has 0 fully saturated rings. The second-order valence-corrected chi connectivity index (χ2v) is 6.76. The normalized spacial score (nSPS) is 11.1.